The molecular formula is C14H19BrN2O2. The summed E-state index contributed by atoms with van der Waals surface area (Å²) in [7, 11) is 0. The molecule has 4 nitrogen and oxygen atoms in total. The maximum Gasteiger partial charge on any atom is 0.239 e. The molecule has 2 N–H and O–H groups in total. The van der Waals surface area contributed by atoms with Gasteiger partial charge in [0.2, 0.25) is 5.91 Å². The quantitative estimate of drug-likeness (QED) is 0.925. The summed E-state index contributed by atoms with van der Waals surface area (Å²) in [4.78, 5) is 13.9. The number of carbonyl (C=O) groups is 1. The van der Waals surface area contributed by atoms with Crippen LogP contribution in [0.2, 0.25) is 0 Å². The Morgan fingerprint density at radius 2 is 2.32 bits per heavy atom. The molecule has 0 aliphatic carbocycles. The van der Waals surface area contributed by atoms with Crippen molar-refractivity contribution in [3.63, 3.8) is 0 Å². The average Bonchev–Trinajstić information content (AvgIpc) is 2.46. The second-order valence-corrected chi connectivity index (χ2v) is 5.53. The van der Waals surface area contributed by atoms with Crippen LogP contribution in [0.4, 0.5) is 0 Å². The predicted molar refractivity (Wildman–Crippen MR) is 77.7 cm³/mol. The van der Waals surface area contributed by atoms with Gasteiger partial charge in [-0.3, -0.25) is 4.79 Å². The van der Waals surface area contributed by atoms with Gasteiger partial charge in [-0.2, -0.15) is 0 Å². The lowest BCUT2D eigenvalue weighted by molar-refractivity contribution is -0.140. The predicted octanol–water partition coefficient (Wildman–Crippen LogP) is 2.09. The highest BCUT2D eigenvalue weighted by molar-refractivity contribution is 9.10. The van der Waals surface area contributed by atoms with Gasteiger partial charge >= 0.3 is 0 Å². The maximum atomic E-state index is 12.1. The van der Waals surface area contributed by atoms with E-state index in [1.54, 1.807) is 0 Å². The Balaban J connectivity index is 2.09. The summed E-state index contributed by atoms with van der Waals surface area (Å²) < 4.78 is 6.78. The average molecular weight is 327 g/mol. The third kappa shape index (κ3) is 3.35. The number of nitrogens with two attached hydrogens (primary N) is 1. The van der Waals surface area contributed by atoms with Gasteiger partial charge in [0, 0.05) is 11.0 Å². The Kier molecular flexibility index (Phi) is 4.96. The number of ether oxygens (including phenoxy) is 1. The van der Waals surface area contributed by atoms with Gasteiger partial charge < -0.3 is 15.4 Å². The smallest absolute Gasteiger partial charge is 0.239 e. The van der Waals surface area contributed by atoms with Crippen molar-refractivity contribution in [1.29, 1.82) is 0 Å². The molecule has 1 amide bonds. The normalized spacial score (nSPS) is 21.2. The minimum Gasteiger partial charge on any atom is -0.370 e. The zero-order valence-corrected chi connectivity index (χ0v) is 12.6. The van der Waals surface area contributed by atoms with E-state index in [1.165, 1.54) is 0 Å². The summed E-state index contributed by atoms with van der Waals surface area (Å²) in [6.45, 7) is 3.66. The van der Waals surface area contributed by atoms with Crippen LogP contribution >= 0.6 is 15.9 Å². The lowest BCUT2D eigenvalue weighted by Gasteiger charge is -2.34. The SMILES string of the molecule is CC[C@@H](N)C(=O)N1CCO[C@H](c2ccccc2Br)C1. The van der Waals surface area contributed by atoms with Gasteiger partial charge in [0.25, 0.3) is 0 Å². The van der Waals surface area contributed by atoms with Crippen molar-refractivity contribution >= 4 is 21.8 Å². The summed E-state index contributed by atoms with van der Waals surface area (Å²) in [6.07, 6.45) is 0.577. The maximum absolute atomic E-state index is 12.1. The van der Waals surface area contributed by atoms with Crippen LogP contribution in [-0.2, 0) is 9.53 Å². The first-order chi connectivity index (χ1) is 9.13. The molecule has 2 atom stereocenters. The third-order valence-electron chi connectivity index (χ3n) is 3.39. The first-order valence-corrected chi connectivity index (χ1v) is 7.33. The zero-order valence-electron chi connectivity index (χ0n) is 11.0. The van der Waals surface area contributed by atoms with Crippen LogP contribution in [-0.4, -0.2) is 36.5 Å². The number of hydrogen-bond donors (Lipinski definition) is 1. The molecule has 1 fully saturated rings. The lowest BCUT2D eigenvalue weighted by Crippen LogP contribution is -2.49. The van der Waals surface area contributed by atoms with Gasteiger partial charge in [-0.25, -0.2) is 0 Å². The molecule has 0 saturated carbocycles. The molecule has 1 aromatic carbocycles. The Morgan fingerprint density at radius 1 is 1.58 bits per heavy atom. The Hall–Kier alpha value is -0.910. The number of amides is 1. The van der Waals surface area contributed by atoms with Crippen LogP contribution in [0.5, 0.6) is 0 Å². The van der Waals surface area contributed by atoms with Gasteiger partial charge in [-0.15, -0.1) is 0 Å². The molecule has 0 aromatic heterocycles. The molecule has 1 aliphatic rings. The third-order valence-corrected chi connectivity index (χ3v) is 4.11. The van der Waals surface area contributed by atoms with Crippen molar-refractivity contribution in [3.05, 3.63) is 34.3 Å². The van der Waals surface area contributed by atoms with E-state index in [0.717, 1.165) is 10.0 Å². The molecule has 0 radical (unpaired) electrons. The second-order valence-electron chi connectivity index (χ2n) is 4.68. The zero-order chi connectivity index (χ0) is 13.8. The minimum atomic E-state index is -0.405. The fraction of sp³-hybridized carbons (Fsp3) is 0.500. The van der Waals surface area contributed by atoms with E-state index in [1.807, 2.05) is 36.1 Å². The van der Waals surface area contributed by atoms with Crippen molar-refractivity contribution in [3.8, 4) is 0 Å². The van der Waals surface area contributed by atoms with E-state index >= 15 is 0 Å². The number of morpholine rings is 1. The van der Waals surface area contributed by atoms with Crippen molar-refractivity contribution in [2.45, 2.75) is 25.5 Å². The molecule has 5 heteroatoms. The molecule has 1 aromatic rings. The number of hydrogen-bond acceptors (Lipinski definition) is 3. The monoisotopic (exact) mass is 326 g/mol. The fourth-order valence-corrected chi connectivity index (χ4v) is 2.72. The van der Waals surface area contributed by atoms with E-state index in [2.05, 4.69) is 15.9 Å². The fourth-order valence-electron chi connectivity index (χ4n) is 2.18. The topological polar surface area (TPSA) is 55.6 Å². The van der Waals surface area contributed by atoms with Crippen LogP contribution < -0.4 is 5.73 Å². The van der Waals surface area contributed by atoms with Crippen LogP contribution in [0, 0.1) is 0 Å². The highest BCUT2D eigenvalue weighted by atomic mass is 79.9. The van der Waals surface area contributed by atoms with Crippen LogP contribution in [0.1, 0.15) is 25.0 Å². The first-order valence-electron chi connectivity index (χ1n) is 6.54. The van der Waals surface area contributed by atoms with Crippen LogP contribution in [0.15, 0.2) is 28.7 Å². The molecule has 1 heterocycles. The van der Waals surface area contributed by atoms with E-state index in [9.17, 15) is 4.79 Å². The molecule has 104 valence electrons. The van der Waals surface area contributed by atoms with Gasteiger partial charge in [0.1, 0.15) is 6.10 Å². The summed E-state index contributed by atoms with van der Waals surface area (Å²) in [5.41, 5.74) is 6.89. The van der Waals surface area contributed by atoms with Crippen molar-refractivity contribution < 1.29 is 9.53 Å². The van der Waals surface area contributed by atoms with Crippen LogP contribution in [0.25, 0.3) is 0 Å². The standard InChI is InChI=1S/C14H19BrN2O2/c1-2-12(16)14(18)17-7-8-19-13(9-17)10-5-3-4-6-11(10)15/h3-6,12-13H,2,7-9,16H2,1H3/t12-,13+/m1/s1. The molecule has 0 unspecified atom stereocenters. The molecule has 0 spiro atoms. The Labute approximate surface area is 122 Å². The lowest BCUT2D eigenvalue weighted by atomic mass is 10.1. The van der Waals surface area contributed by atoms with Gasteiger partial charge in [-0.05, 0) is 18.1 Å². The molecule has 0 bridgehead atoms. The Bertz CT molecular complexity index is 453. The number of halogens is 1. The van der Waals surface area contributed by atoms with E-state index in [4.69, 9.17) is 10.5 Å². The van der Waals surface area contributed by atoms with E-state index < -0.39 is 6.04 Å². The number of nitrogens with zero attached hydrogens (tertiary/aromatic N) is 1. The summed E-state index contributed by atoms with van der Waals surface area (Å²) >= 11 is 3.52. The van der Waals surface area contributed by atoms with Gasteiger partial charge in [-0.1, -0.05) is 41.1 Å². The van der Waals surface area contributed by atoms with E-state index in [-0.39, 0.29) is 12.0 Å². The van der Waals surface area contributed by atoms with Crippen molar-refractivity contribution in [2.75, 3.05) is 19.7 Å². The second kappa shape index (κ2) is 6.50. The van der Waals surface area contributed by atoms with Crippen molar-refractivity contribution in [2.24, 2.45) is 5.73 Å². The molecule has 19 heavy (non-hydrogen) atoms. The van der Waals surface area contributed by atoms with Gasteiger partial charge in [0.05, 0.1) is 19.2 Å². The molecule has 1 aliphatic heterocycles. The van der Waals surface area contributed by atoms with E-state index in [0.29, 0.717) is 26.1 Å². The molecular weight excluding hydrogens is 308 g/mol. The highest BCUT2D eigenvalue weighted by Gasteiger charge is 2.28. The Morgan fingerprint density at radius 3 is 3.00 bits per heavy atom. The largest absolute Gasteiger partial charge is 0.370 e. The summed E-state index contributed by atoms with van der Waals surface area (Å²) in [6, 6.07) is 7.53. The number of rotatable bonds is 3. The van der Waals surface area contributed by atoms with Crippen LogP contribution in [0.3, 0.4) is 0 Å². The molecule has 2 rings (SSSR count). The summed E-state index contributed by atoms with van der Waals surface area (Å²) in [5, 5.41) is 0. The van der Waals surface area contributed by atoms with Crippen molar-refractivity contribution in [1.82, 2.24) is 4.90 Å². The highest BCUT2D eigenvalue weighted by Crippen LogP contribution is 2.28. The number of carbonyl (C=O) groups excluding carboxylic acids is 1. The number of benzene rings is 1. The summed E-state index contributed by atoms with van der Waals surface area (Å²) in [5.74, 6) is 0.0165. The minimum absolute atomic E-state index is 0.0165. The first kappa shape index (κ1) is 14.5. The molecule has 1 saturated heterocycles. The van der Waals surface area contributed by atoms with Gasteiger partial charge in [0.15, 0.2) is 0 Å².